The average Bonchev–Trinajstić information content (AvgIpc) is 3.13. The van der Waals surface area contributed by atoms with E-state index in [9.17, 15) is 9.59 Å². The summed E-state index contributed by atoms with van der Waals surface area (Å²) in [6.07, 6.45) is 1.95. The third-order valence-corrected chi connectivity index (χ3v) is 5.87. The number of nitrogens with zero attached hydrogens (tertiary/aromatic N) is 1. The van der Waals surface area contributed by atoms with Crippen LogP contribution in [-0.2, 0) is 12.8 Å². The summed E-state index contributed by atoms with van der Waals surface area (Å²) in [5.41, 5.74) is 4.37. The molecule has 1 aliphatic heterocycles. The zero-order chi connectivity index (χ0) is 18.1. The average molecular weight is 349 g/mol. The van der Waals surface area contributed by atoms with Gasteiger partial charge in [-0.05, 0) is 52.9 Å². The Morgan fingerprint density at radius 2 is 1.26 bits per heavy atom. The van der Waals surface area contributed by atoms with Gasteiger partial charge >= 0.3 is 0 Å². The number of anilines is 1. The largest absolute Gasteiger partial charge is 0.268 e. The maximum Gasteiger partial charge on any atom is 0.266 e. The molecule has 0 unspecified atom stereocenters. The highest BCUT2D eigenvalue weighted by Gasteiger charge is 2.36. The number of benzene rings is 4. The normalized spacial score (nSPS) is 15.2. The van der Waals surface area contributed by atoms with Gasteiger partial charge in [-0.3, -0.25) is 9.59 Å². The molecule has 3 nitrogen and oxygen atoms in total. The smallest absolute Gasteiger partial charge is 0.266 e. The molecule has 0 N–H and O–H groups in total. The van der Waals surface area contributed by atoms with Gasteiger partial charge in [-0.2, -0.15) is 0 Å². The molecule has 3 heteroatoms. The van der Waals surface area contributed by atoms with Gasteiger partial charge in [-0.25, -0.2) is 4.90 Å². The summed E-state index contributed by atoms with van der Waals surface area (Å²) in [6.45, 7) is 0. The molecule has 0 atom stereocenters. The van der Waals surface area contributed by atoms with E-state index in [1.807, 2.05) is 66.7 Å². The van der Waals surface area contributed by atoms with Crippen molar-refractivity contribution in [2.24, 2.45) is 0 Å². The lowest BCUT2D eigenvalue weighted by Crippen LogP contribution is -2.40. The molecule has 2 aliphatic rings. The Balaban J connectivity index is 1.66. The fourth-order valence-corrected chi connectivity index (χ4v) is 4.64. The second-order valence-electron chi connectivity index (χ2n) is 7.24. The minimum absolute atomic E-state index is 0.237. The lowest BCUT2D eigenvalue weighted by atomic mass is 9.90. The molecule has 1 heterocycles. The van der Waals surface area contributed by atoms with Crippen molar-refractivity contribution < 1.29 is 9.59 Å². The number of hydrogen-bond acceptors (Lipinski definition) is 2. The van der Waals surface area contributed by atoms with Crippen molar-refractivity contribution in [3.05, 3.63) is 89.0 Å². The predicted octanol–water partition coefficient (Wildman–Crippen LogP) is 4.89. The van der Waals surface area contributed by atoms with Crippen molar-refractivity contribution in [3.8, 4) is 0 Å². The van der Waals surface area contributed by atoms with Gasteiger partial charge < -0.3 is 0 Å². The highest BCUT2D eigenvalue weighted by molar-refractivity contribution is 6.37. The standard InChI is InChI=1S/C24H15NO2/c26-23-18-12-10-15-8-9-16-11-13-19(22(18)21(15)16)24(27)25(23)20-7-3-5-14-4-1-2-6-17(14)20/h1-7,10-13H,8-9H2. The molecule has 0 fully saturated rings. The van der Waals surface area contributed by atoms with Crippen LogP contribution in [0, 0.1) is 0 Å². The zero-order valence-electron chi connectivity index (χ0n) is 14.5. The van der Waals surface area contributed by atoms with Crippen LogP contribution in [0.1, 0.15) is 31.8 Å². The Kier molecular flexibility index (Phi) is 2.74. The molecule has 0 radical (unpaired) electrons. The first-order chi connectivity index (χ1) is 13.2. The second kappa shape index (κ2) is 5.04. The van der Waals surface area contributed by atoms with Gasteiger partial charge in [0.2, 0.25) is 0 Å². The third-order valence-electron chi connectivity index (χ3n) is 5.87. The first-order valence-electron chi connectivity index (χ1n) is 9.18. The maximum absolute atomic E-state index is 13.4. The number of fused-ring (bicyclic) bond motifs is 1. The summed E-state index contributed by atoms with van der Waals surface area (Å²) < 4.78 is 0. The van der Waals surface area contributed by atoms with Crippen molar-refractivity contribution in [2.45, 2.75) is 12.8 Å². The van der Waals surface area contributed by atoms with Gasteiger partial charge in [0.1, 0.15) is 0 Å². The lowest BCUT2D eigenvalue weighted by Gasteiger charge is -2.28. The van der Waals surface area contributed by atoms with E-state index in [0.717, 1.165) is 34.4 Å². The quantitative estimate of drug-likeness (QED) is 0.459. The van der Waals surface area contributed by atoms with E-state index in [4.69, 9.17) is 0 Å². The number of rotatable bonds is 1. The van der Waals surface area contributed by atoms with Crippen LogP contribution in [0.4, 0.5) is 5.69 Å². The van der Waals surface area contributed by atoms with Gasteiger partial charge in [0, 0.05) is 21.9 Å². The fraction of sp³-hybridized carbons (Fsp3) is 0.0833. The lowest BCUT2D eigenvalue weighted by molar-refractivity contribution is 0.0894. The molecule has 0 saturated carbocycles. The van der Waals surface area contributed by atoms with Crippen LogP contribution >= 0.6 is 0 Å². The first kappa shape index (κ1) is 14.7. The van der Waals surface area contributed by atoms with Gasteiger partial charge in [0.25, 0.3) is 11.8 Å². The monoisotopic (exact) mass is 349 g/mol. The van der Waals surface area contributed by atoms with Crippen molar-refractivity contribution >= 4 is 39.0 Å². The van der Waals surface area contributed by atoms with Gasteiger partial charge in [-0.15, -0.1) is 0 Å². The van der Waals surface area contributed by atoms with Gasteiger partial charge in [0.05, 0.1) is 5.69 Å². The molecule has 27 heavy (non-hydrogen) atoms. The van der Waals surface area contributed by atoms with E-state index in [0.29, 0.717) is 16.8 Å². The van der Waals surface area contributed by atoms with E-state index in [-0.39, 0.29) is 11.8 Å². The Morgan fingerprint density at radius 1 is 0.630 bits per heavy atom. The van der Waals surface area contributed by atoms with Crippen LogP contribution in [-0.4, -0.2) is 11.8 Å². The summed E-state index contributed by atoms with van der Waals surface area (Å²) >= 11 is 0. The highest BCUT2D eigenvalue weighted by atomic mass is 16.2. The van der Waals surface area contributed by atoms with Crippen molar-refractivity contribution in [2.75, 3.05) is 4.90 Å². The number of carbonyl (C=O) groups is 2. The van der Waals surface area contributed by atoms with E-state index in [1.54, 1.807) is 0 Å². The molecule has 0 saturated heterocycles. The number of aryl methyl sites for hydroxylation is 2. The Labute approximate surface area is 155 Å². The predicted molar refractivity (Wildman–Crippen MR) is 106 cm³/mol. The molecule has 6 rings (SSSR count). The van der Waals surface area contributed by atoms with E-state index >= 15 is 0 Å². The van der Waals surface area contributed by atoms with Gasteiger partial charge in [0.15, 0.2) is 0 Å². The molecular formula is C24H15NO2. The summed E-state index contributed by atoms with van der Waals surface area (Å²) in [6, 6.07) is 21.5. The van der Waals surface area contributed by atoms with Crippen molar-refractivity contribution in [1.82, 2.24) is 0 Å². The van der Waals surface area contributed by atoms with E-state index in [2.05, 4.69) is 0 Å². The minimum Gasteiger partial charge on any atom is -0.268 e. The van der Waals surface area contributed by atoms with E-state index < -0.39 is 0 Å². The Hall–Kier alpha value is -3.46. The highest BCUT2D eigenvalue weighted by Crippen LogP contribution is 2.40. The second-order valence-corrected chi connectivity index (χ2v) is 7.24. The maximum atomic E-state index is 13.4. The molecule has 2 amide bonds. The molecule has 4 aromatic rings. The number of amides is 2. The minimum atomic E-state index is -0.237. The number of hydrogen-bond donors (Lipinski definition) is 0. The summed E-state index contributed by atoms with van der Waals surface area (Å²) in [4.78, 5) is 28.2. The first-order valence-corrected chi connectivity index (χ1v) is 9.18. The van der Waals surface area contributed by atoms with Crippen LogP contribution in [0.15, 0.2) is 66.7 Å². The molecule has 0 bridgehead atoms. The Bertz CT molecular complexity index is 1260. The molecule has 0 aromatic heterocycles. The van der Waals surface area contributed by atoms with Crippen molar-refractivity contribution in [3.63, 3.8) is 0 Å². The van der Waals surface area contributed by atoms with Crippen LogP contribution in [0.3, 0.4) is 0 Å². The van der Waals surface area contributed by atoms with Crippen LogP contribution in [0.2, 0.25) is 0 Å². The summed E-state index contributed by atoms with van der Waals surface area (Å²) in [7, 11) is 0. The van der Waals surface area contributed by atoms with E-state index in [1.165, 1.54) is 16.0 Å². The van der Waals surface area contributed by atoms with Crippen molar-refractivity contribution in [1.29, 1.82) is 0 Å². The van der Waals surface area contributed by atoms with Crippen LogP contribution < -0.4 is 4.90 Å². The van der Waals surface area contributed by atoms with Crippen LogP contribution in [0.5, 0.6) is 0 Å². The van der Waals surface area contributed by atoms with Crippen LogP contribution in [0.25, 0.3) is 21.5 Å². The molecule has 1 aliphatic carbocycles. The fourth-order valence-electron chi connectivity index (χ4n) is 4.64. The third kappa shape index (κ3) is 1.81. The Morgan fingerprint density at radius 3 is 1.96 bits per heavy atom. The topological polar surface area (TPSA) is 37.4 Å². The SMILES string of the molecule is O=C1c2ccc3c4c(ccc(c24)C(=O)N1c1cccc2ccccc12)CC3. The number of carbonyl (C=O) groups excluding carboxylic acids is 2. The van der Waals surface area contributed by atoms with Gasteiger partial charge in [-0.1, -0.05) is 48.5 Å². The zero-order valence-corrected chi connectivity index (χ0v) is 14.5. The molecule has 4 aromatic carbocycles. The molecule has 128 valence electrons. The number of imide groups is 1. The molecular weight excluding hydrogens is 334 g/mol. The summed E-state index contributed by atoms with van der Waals surface area (Å²) in [5, 5.41) is 3.87. The summed E-state index contributed by atoms with van der Waals surface area (Å²) in [5.74, 6) is -0.473. The molecule has 0 spiro atoms.